The van der Waals surface area contributed by atoms with Gasteiger partial charge in [-0.05, 0) is 17.4 Å². The van der Waals surface area contributed by atoms with Crippen LogP contribution in [-0.4, -0.2) is 35.6 Å². The van der Waals surface area contributed by atoms with Gasteiger partial charge in [-0.3, -0.25) is 4.79 Å². The fraction of sp³-hybridized carbons (Fsp3) is 0.538. The number of thiophene rings is 1. The minimum absolute atomic E-state index is 0.0135. The van der Waals surface area contributed by atoms with E-state index in [1.165, 1.54) is 0 Å². The lowest BCUT2D eigenvalue weighted by Crippen LogP contribution is -2.41. The number of amides is 2. The van der Waals surface area contributed by atoms with Crippen molar-refractivity contribution in [1.29, 1.82) is 0 Å². The first kappa shape index (κ1) is 15.5. The molecule has 6 heteroatoms. The first-order valence-electron chi connectivity index (χ1n) is 6.16. The van der Waals surface area contributed by atoms with Gasteiger partial charge in [0.2, 0.25) is 0 Å². The third-order valence-electron chi connectivity index (χ3n) is 2.91. The van der Waals surface area contributed by atoms with E-state index in [-0.39, 0.29) is 18.5 Å². The molecule has 1 rings (SSSR count). The van der Waals surface area contributed by atoms with E-state index in [4.69, 9.17) is 5.11 Å². The predicted molar refractivity (Wildman–Crippen MR) is 75.1 cm³/mol. The molecule has 2 amide bonds. The molecule has 1 unspecified atom stereocenters. The van der Waals surface area contributed by atoms with Gasteiger partial charge in [0.05, 0.1) is 12.5 Å². The van der Waals surface area contributed by atoms with Gasteiger partial charge in [0.15, 0.2) is 0 Å². The Bertz CT molecular complexity index is 418. The molecule has 1 aromatic heterocycles. The number of hydrogen-bond donors (Lipinski definition) is 2. The van der Waals surface area contributed by atoms with Crippen LogP contribution in [0.1, 0.15) is 18.7 Å². The number of urea groups is 1. The van der Waals surface area contributed by atoms with Crippen molar-refractivity contribution >= 4 is 23.3 Å². The second kappa shape index (κ2) is 7.13. The van der Waals surface area contributed by atoms with E-state index in [9.17, 15) is 9.59 Å². The van der Waals surface area contributed by atoms with Gasteiger partial charge in [0, 0.05) is 18.5 Å². The van der Waals surface area contributed by atoms with Crippen molar-refractivity contribution in [2.24, 2.45) is 11.8 Å². The number of rotatable bonds is 6. The van der Waals surface area contributed by atoms with Gasteiger partial charge in [0.25, 0.3) is 0 Å². The summed E-state index contributed by atoms with van der Waals surface area (Å²) in [6.45, 7) is 4.35. The molecule has 19 heavy (non-hydrogen) atoms. The van der Waals surface area contributed by atoms with E-state index >= 15 is 0 Å². The Morgan fingerprint density at radius 3 is 2.63 bits per heavy atom. The maximum atomic E-state index is 11.8. The van der Waals surface area contributed by atoms with Crippen LogP contribution in [0.2, 0.25) is 0 Å². The molecule has 1 atom stereocenters. The lowest BCUT2D eigenvalue weighted by atomic mass is 9.96. The minimum atomic E-state index is -0.879. The second-order valence-electron chi connectivity index (χ2n) is 4.81. The van der Waals surface area contributed by atoms with Crippen molar-refractivity contribution < 1.29 is 14.7 Å². The summed E-state index contributed by atoms with van der Waals surface area (Å²) in [4.78, 5) is 25.5. The Morgan fingerprint density at radius 2 is 2.16 bits per heavy atom. The van der Waals surface area contributed by atoms with Crippen LogP contribution in [0.15, 0.2) is 17.5 Å². The predicted octanol–water partition coefficient (Wildman–Crippen LogP) is 2.25. The lowest BCUT2D eigenvalue weighted by Gasteiger charge is -2.21. The van der Waals surface area contributed by atoms with Crippen LogP contribution < -0.4 is 5.32 Å². The van der Waals surface area contributed by atoms with Crippen LogP contribution >= 0.6 is 11.3 Å². The number of carboxylic acids is 1. The van der Waals surface area contributed by atoms with Crippen LogP contribution in [0.3, 0.4) is 0 Å². The van der Waals surface area contributed by atoms with Crippen LogP contribution in [0, 0.1) is 11.8 Å². The van der Waals surface area contributed by atoms with Gasteiger partial charge in [-0.2, -0.15) is 0 Å². The summed E-state index contributed by atoms with van der Waals surface area (Å²) in [5.74, 6) is -1.45. The maximum Gasteiger partial charge on any atom is 0.317 e. The van der Waals surface area contributed by atoms with Crippen molar-refractivity contribution in [2.75, 3.05) is 13.6 Å². The first-order chi connectivity index (χ1) is 8.91. The number of hydrogen-bond acceptors (Lipinski definition) is 3. The Labute approximate surface area is 117 Å². The van der Waals surface area contributed by atoms with E-state index in [0.717, 1.165) is 4.88 Å². The highest BCUT2D eigenvalue weighted by Gasteiger charge is 2.22. The molecule has 1 heterocycles. The number of nitrogens with zero attached hydrogens (tertiary/aromatic N) is 1. The monoisotopic (exact) mass is 284 g/mol. The van der Waals surface area contributed by atoms with E-state index in [2.05, 4.69) is 5.32 Å². The average molecular weight is 284 g/mol. The Hall–Kier alpha value is -1.56. The van der Waals surface area contributed by atoms with Crippen molar-refractivity contribution in [3.8, 4) is 0 Å². The Kier molecular flexibility index (Phi) is 5.82. The number of carboxylic acid groups (broad SMARTS) is 1. The topological polar surface area (TPSA) is 69.6 Å². The molecule has 0 saturated heterocycles. The van der Waals surface area contributed by atoms with Crippen molar-refractivity contribution in [1.82, 2.24) is 10.2 Å². The van der Waals surface area contributed by atoms with Gasteiger partial charge < -0.3 is 15.3 Å². The number of aliphatic carboxylic acids is 1. The lowest BCUT2D eigenvalue weighted by molar-refractivity contribution is -0.142. The third kappa shape index (κ3) is 4.90. The molecular formula is C13H20N2O3S. The summed E-state index contributed by atoms with van der Waals surface area (Å²) < 4.78 is 0. The standard InChI is InChI=1S/C13H20N2O3S/c1-9(2)11(12(16)17)7-14-13(18)15(3)8-10-5-4-6-19-10/h4-6,9,11H,7-8H2,1-3H3,(H,14,18)(H,16,17). The molecule has 0 bridgehead atoms. The molecule has 5 nitrogen and oxygen atoms in total. The fourth-order valence-electron chi connectivity index (χ4n) is 1.65. The van der Waals surface area contributed by atoms with Gasteiger partial charge in [-0.25, -0.2) is 4.79 Å². The molecule has 0 radical (unpaired) electrons. The van der Waals surface area contributed by atoms with Crippen LogP contribution in [0.4, 0.5) is 4.79 Å². The van der Waals surface area contributed by atoms with Crippen LogP contribution in [0.25, 0.3) is 0 Å². The smallest absolute Gasteiger partial charge is 0.317 e. The molecule has 0 fully saturated rings. The molecule has 0 aliphatic carbocycles. The van der Waals surface area contributed by atoms with E-state index in [1.54, 1.807) is 23.3 Å². The number of nitrogens with one attached hydrogen (secondary N) is 1. The maximum absolute atomic E-state index is 11.8. The molecule has 0 aromatic carbocycles. The largest absolute Gasteiger partial charge is 0.481 e. The van der Waals surface area contributed by atoms with E-state index in [0.29, 0.717) is 6.54 Å². The SMILES string of the molecule is CC(C)C(CNC(=O)N(C)Cc1cccs1)C(=O)O. The molecular weight excluding hydrogens is 264 g/mol. The Morgan fingerprint density at radius 1 is 1.47 bits per heavy atom. The highest BCUT2D eigenvalue weighted by Crippen LogP contribution is 2.12. The molecule has 106 valence electrons. The van der Waals surface area contributed by atoms with Crippen LogP contribution in [0.5, 0.6) is 0 Å². The van der Waals surface area contributed by atoms with Crippen LogP contribution in [-0.2, 0) is 11.3 Å². The van der Waals surface area contributed by atoms with Gasteiger partial charge in [-0.1, -0.05) is 19.9 Å². The zero-order chi connectivity index (χ0) is 14.4. The molecule has 0 aliphatic heterocycles. The minimum Gasteiger partial charge on any atom is -0.481 e. The molecule has 0 saturated carbocycles. The first-order valence-corrected chi connectivity index (χ1v) is 7.04. The summed E-state index contributed by atoms with van der Waals surface area (Å²) in [7, 11) is 1.69. The summed E-state index contributed by atoms with van der Waals surface area (Å²) >= 11 is 1.59. The normalized spacial score (nSPS) is 12.2. The summed E-state index contributed by atoms with van der Waals surface area (Å²) in [5.41, 5.74) is 0. The molecule has 0 spiro atoms. The molecule has 2 N–H and O–H groups in total. The van der Waals surface area contributed by atoms with Crippen molar-refractivity contribution in [3.05, 3.63) is 22.4 Å². The highest BCUT2D eigenvalue weighted by molar-refractivity contribution is 7.09. The molecule has 1 aromatic rings. The number of carbonyl (C=O) groups excluding carboxylic acids is 1. The van der Waals surface area contributed by atoms with E-state index < -0.39 is 11.9 Å². The zero-order valence-corrected chi connectivity index (χ0v) is 12.2. The number of carbonyl (C=O) groups is 2. The van der Waals surface area contributed by atoms with Crippen molar-refractivity contribution in [2.45, 2.75) is 20.4 Å². The highest BCUT2D eigenvalue weighted by atomic mass is 32.1. The zero-order valence-electron chi connectivity index (χ0n) is 11.4. The van der Waals surface area contributed by atoms with Crippen molar-refractivity contribution in [3.63, 3.8) is 0 Å². The summed E-state index contributed by atoms with van der Waals surface area (Å²) in [6.07, 6.45) is 0. The Balaban J connectivity index is 2.43. The second-order valence-corrected chi connectivity index (χ2v) is 5.84. The molecule has 0 aliphatic rings. The summed E-state index contributed by atoms with van der Waals surface area (Å²) in [6, 6.07) is 3.65. The van der Waals surface area contributed by atoms with Gasteiger partial charge in [0.1, 0.15) is 0 Å². The van der Waals surface area contributed by atoms with Gasteiger partial charge in [-0.15, -0.1) is 11.3 Å². The fourth-order valence-corrected chi connectivity index (χ4v) is 2.41. The quantitative estimate of drug-likeness (QED) is 0.841. The van der Waals surface area contributed by atoms with E-state index in [1.807, 2.05) is 31.4 Å². The summed E-state index contributed by atoms with van der Waals surface area (Å²) in [5, 5.41) is 13.7. The third-order valence-corrected chi connectivity index (χ3v) is 3.78. The van der Waals surface area contributed by atoms with Gasteiger partial charge >= 0.3 is 12.0 Å². The average Bonchev–Trinajstić information content (AvgIpc) is 2.80.